The first-order valence-electron chi connectivity index (χ1n) is 8.17. The minimum atomic E-state index is -0.233. The third-order valence-electron chi connectivity index (χ3n) is 4.12. The van der Waals surface area contributed by atoms with Gasteiger partial charge in [0.2, 0.25) is 5.91 Å². The van der Waals surface area contributed by atoms with Crippen molar-refractivity contribution in [3.63, 3.8) is 0 Å². The topological polar surface area (TPSA) is 64.0 Å². The second-order valence-corrected chi connectivity index (χ2v) is 7.75. The number of fused-ring (bicyclic) bond motifs is 1. The minimum absolute atomic E-state index is 0.0681. The predicted octanol–water partition coefficient (Wildman–Crippen LogP) is 4.19. The molecule has 0 aliphatic rings. The van der Waals surface area contributed by atoms with Crippen LogP contribution in [0.1, 0.15) is 24.9 Å². The van der Waals surface area contributed by atoms with E-state index in [0.717, 1.165) is 20.9 Å². The van der Waals surface area contributed by atoms with E-state index in [1.54, 1.807) is 12.1 Å². The summed E-state index contributed by atoms with van der Waals surface area (Å²) in [6, 6.07) is 13.0. The monoisotopic (exact) mass is 477 g/mol. The van der Waals surface area contributed by atoms with Crippen molar-refractivity contribution in [2.75, 3.05) is 0 Å². The molecule has 1 aromatic heterocycles. The van der Waals surface area contributed by atoms with Gasteiger partial charge in [-0.3, -0.25) is 14.2 Å². The highest BCUT2D eigenvalue weighted by atomic mass is 79.9. The lowest BCUT2D eigenvalue weighted by molar-refractivity contribution is -0.122. The lowest BCUT2D eigenvalue weighted by Gasteiger charge is -2.18. The van der Waals surface area contributed by atoms with E-state index in [4.69, 9.17) is 0 Å². The molecule has 0 radical (unpaired) electrons. The summed E-state index contributed by atoms with van der Waals surface area (Å²) >= 11 is 6.77. The van der Waals surface area contributed by atoms with E-state index in [0.29, 0.717) is 10.9 Å². The molecule has 26 heavy (non-hydrogen) atoms. The zero-order chi connectivity index (χ0) is 18.7. The number of benzene rings is 2. The van der Waals surface area contributed by atoms with Crippen LogP contribution in [0.2, 0.25) is 0 Å². The van der Waals surface area contributed by atoms with Crippen molar-refractivity contribution >= 4 is 48.7 Å². The molecule has 1 unspecified atom stereocenters. The molecule has 1 N–H and O–H groups in total. The molecular formula is C19H17Br2N3O2. The predicted molar refractivity (Wildman–Crippen MR) is 109 cm³/mol. The van der Waals surface area contributed by atoms with Crippen LogP contribution in [-0.4, -0.2) is 15.5 Å². The van der Waals surface area contributed by atoms with Crippen molar-refractivity contribution in [3.8, 4) is 0 Å². The third kappa shape index (κ3) is 4.22. The van der Waals surface area contributed by atoms with E-state index in [2.05, 4.69) is 42.2 Å². The molecule has 7 heteroatoms. The molecule has 3 aromatic rings. The lowest BCUT2D eigenvalue weighted by atomic mass is 10.0. The number of nitrogens with zero attached hydrogens (tertiary/aromatic N) is 2. The second-order valence-electron chi connectivity index (χ2n) is 5.92. The molecule has 1 heterocycles. The number of hydrogen-bond donors (Lipinski definition) is 1. The van der Waals surface area contributed by atoms with Gasteiger partial charge in [-0.2, -0.15) is 0 Å². The molecule has 0 saturated carbocycles. The summed E-state index contributed by atoms with van der Waals surface area (Å²) < 4.78 is 3.12. The van der Waals surface area contributed by atoms with Crippen molar-refractivity contribution in [1.82, 2.24) is 14.9 Å². The smallest absolute Gasteiger partial charge is 0.261 e. The van der Waals surface area contributed by atoms with E-state index >= 15 is 0 Å². The number of rotatable bonds is 5. The summed E-state index contributed by atoms with van der Waals surface area (Å²) in [5.41, 5.74) is 1.40. The zero-order valence-corrected chi connectivity index (χ0v) is 17.2. The standard InChI is InChI=1S/C19H17Br2N3O2/c1-2-16(12-3-5-13(20)6-4-12)23-18(25)10-24-11-22-17-8-7-14(21)9-15(17)19(24)26/h3-9,11,16H,2,10H2,1H3,(H,23,25). The molecule has 2 aromatic carbocycles. The number of hydrogen-bond acceptors (Lipinski definition) is 3. The van der Waals surface area contributed by atoms with Gasteiger partial charge in [-0.1, -0.05) is 50.9 Å². The van der Waals surface area contributed by atoms with Crippen molar-refractivity contribution in [3.05, 3.63) is 73.7 Å². The highest BCUT2D eigenvalue weighted by Crippen LogP contribution is 2.19. The largest absolute Gasteiger partial charge is 0.348 e. The van der Waals surface area contributed by atoms with E-state index in [-0.39, 0.29) is 24.1 Å². The van der Waals surface area contributed by atoms with Crippen LogP contribution in [0.15, 0.2) is 62.5 Å². The summed E-state index contributed by atoms with van der Waals surface area (Å²) in [6.45, 7) is 1.94. The van der Waals surface area contributed by atoms with Gasteiger partial charge in [-0.05, 0) is 42.3 Å². The quantitative estimate of drug-likeness (QED) is 0.598. The Balaban J connectivity index is 1.79. The van der Waals surface area contributed by atoms with E-state index in [1.165, 1.54) is 10.9 Å². The van der Waals surface area contributed by atoms with Crippen LogP contribution < -0.4 is 10.9 Å². The first-order chi connectivity index (χ1) is 12.5. The highest BCUT2D eigenvalue weighted by Gasteiger charge is 2.14. The zero-order valence-electron chi connectivity index (χ0n) is 14.1. The van der Waals surface area contributed by atoms with Crippen molar-refractivity contribution in [1.29, 1.82) is 0 Å². The van der Waals surface area contributed by atoms with E-state index in [9.17, 15) is 9.59 Å². The molecule has 0 spiro atoms. The summed E-state index contributed by atoms with van der Waals surface area (Å²) in [5.74, 6) is -0.224. The molecule has 1 amide bonds. The van der Waals surface area contributed by atoms with Gasteiger partial charge in [-0.25, -0.2) is 4.98 Å². The fourth-order valence-corrected chi connectivity index (χ4v) is 3.38. The normalized spacial score (nSPS) is 12.1. The molecule has 0 fully saturated rings. The molecule has 0 aliphatic heterocycles. The maximum absolute atomic E-state index is 12.6. The number of amides is 1. The van der Waals surface area contributed by atoms with Crippen LogP contribution in [0, 0.1) is 0 Å². The molecular weight excluding hydrogens is 462 g/mol. The number of nitrogens with one attached hydrogen (secondary N) is 1. The Kier molecular flexibility index (Phi) is 5.88. The fourth-order valence-electron chi connectivity index (χ4n) is 2.75. The molecule has 1 atom stereocenters. The highest BCUT2D eigenvalue weighted by molar-refractivity contribution is 9.10. The summed E-state index contributed by atoms with van der Waals surface area (Å²) in [5, 5.41) is 3.47. The van der Waals surface area contributed by atoms with Gasteiger partial charge in [0.25, 0.3) is 5.56 Å². The number of halogens is 2. The first kappa shape index (κ1) is 18.8. The molecule has 134 valence electrons. The first-order valence-corrected chi connectivity index (χ1v) is 9.76. The molecule has 0 saturated heterocycles. The Morgan fingerprint density at radius 3 is 2.54 bits per heavy atom. The van der Waals surface area contributed by atoms with Crippen LogP contribution in [0.25, 0.3) is 10.9 Å². The Morgan fingerprint density at radius 1 is 1.15 bits per heavy atom. The van der Waals surface area contributed by atoms with Gasteiger partial charge in [0, 0.05) is 8.95 Å². The molecule has 0 bridgehead atoms. The van der Waals surface area contributed by atoms with Crippen LogP contribution in [0.4, 0.5) is 0 Å². The average molecular weight is 479 g/mol. The lowest BCUT2D eigenvalue weighted by Crippen LogP contribution is -2.34. The fraction of sp³-hybridized carbons (Fsp3) is 0.211. The van der Waals surface area contributed by atoms with Crippen LogP contribution in [0.3, 0.4) is 0 Å². The van der Waals surface area contributed by atoms with Gasteiger partial charge in [0.15, 0.2) is 0 Å². The van der Waals surface area contributed by atoms with Crippen LogP contribution >= 0.6 is 31.9 Å². The Bertz CT molecular complexity index is 1000. The molecule has 0 aliphatic carbocycles. The molecule has 5 nitrogen and oxygen atoms in total. The van der Waals surface area contributed by atoms with E-state index in [1.807, 2.05) is 37.3 Å². The summed E-state index contributed by atoms with van der Waals surface area (Å²) in [4.78, 5) is 29.3. The third-order valence-corrected chi connectivity index (χ3v) is 5.14. The molecule has 3 rings (SSSR count). The van der Waals surface area contributed by atoms with Gasteiger partial charge in [0.05, 0.1) is 23.3 Å². The SMILES string of the molecule is CCC(NC(=O)Cn1cnc2ccc(Br)cc2c1=O)c1ccc(Br)cc1. The van der Waals surface area contributed by atoms with E-state index < -0.39 is 0 Å². The minimum Gasteiger partial charge on any atom is -0.348 e. The van der Waals surface area contributed by atoms with Crippen LogP contribution in [0.5, 0.6) is 0 Å². The van der Waals surface area contributed by atoms with Gasteiger partial charge in [-0.15, -0.1) is 0 Å². The average Bonchev–Trinajstić information content (AvgIpc) is 2.63. The Hall–Kier alpha value is -1.99. The summed E-state index contributed by atoms with van der Waals surface area (Å²) in [6.07, 6.45) is 2.17. The van der Waals surface area contributed by atoms with Gasteiger partial charge < -0.3 is 5.32 Å². The van der Waals surface area contributed by atoms with Crippen molar-refractivity contribution in [2.24, 2.45) is 0 Å². The second kappa shape index (κ2) is 8.14. The van der Waals surface area contributed by atoms with Gasteiger partial charge in [0.1, 0.15) is 6.54 Å². The maximum atomic E-state index is 12.6. The summed E-state index contributed by atoms with van der Waals surface area (Å²) in [7, 11) is 0. The Morgan fingerprint density at radius 2 is 1.85 bits per heavy atom. The van der Waals surface area contributed by atoms with Gasteiger partial charge >= 0.3 is 0 Å². The number of carbonyl (C=O) groups excluding carboxylic acids is 1. The van der Waals surface area contributed by atoms with Crippen LogP contribution in [-0.2, 0) is 11.3 Å². The van der Waals surface area contributed by atoms with Crippen molar-refractivity contribution in [2.45, 2.75) is 25.9 Å². The number of aromatic nitrogens is 2. The van der Waals surface area contributed by atoms with Crippen molar-refractivity contribution < 1.29 is 4.79 Å². The maximum Gasteiger partial charge on any atom is 0.261 e. The number of carbonyl (C=O) groups is 1. The Labute approximate surface area is 167 Å².